The van der Waals surface area contributed by atoms with Crippen molar-refractivity contribution in [2.24, 2.45) is 5.92 Å². The number of rotatable bonds is 3. The number of ether oxygens (including phenoxy) is 1. The van der Waals surface area contributed by atoms with Crippen LogP contribution in [-0.2, 0) is 9.53 Å². The van der Waals surface area contributed by atoms with E-state index in [-0.39, 0.29) is 18.0 Å². The van der Waals surface area contributed by atoms with Crippen LogP contribution in [0.25, 0.3) is 0 Å². The van der Waals surface area contributed by atoms with Crippen molar-refractivity contribution in [3.05, 3.63) is 0 Å². The summed E-state index contributed by atoms with van der Waals surface area (Å²) in [6.07, 6.45) is 2.47. The smallest absolute Gasteiger partial charge is 0.410 e. The minimum absolute atomic E-state index is 0.0190. The molecular weight excluding hydrogens is 256 g/mol. The summed E-state index contributed by atoms with van der Waals surface area (Å²) >= 11 is 0. The van der Waals surface area contributed by atoms with Gasteiger partial charge in [0.05, 0.1) is 0 Å². The highest BCUT2D eigenvalue weighted by molar-refractivity contribution is 5.86. The number of likely N-dealkylation sites (tertiary alicyclic amines) is 1. The van der Waals surface area contributed by atoms with Gasteiger partial charge in [0.1, 0.15) is 11.6 Å². The van der Waals surface area contributed by atoms with E-state index in [9.17, 15) is 9.59 Å². The quantitative estimate of drug-likeness (QED) is 0.800. The normalized spacial score (nSPS) is 22.8. The summed E-state index contributed by atoms with van der Waals surface area (Å²) in [5, 5.41) is 0. The van der Waals surface area contributed by atoms with Crippen molar-refractivity contribution < 1.29 is 14.3 Å². The number of amides is 2. The maximum absolute atomic E-state index is 12.3. The molecule has 2 atom stereocenters. The van der Waals surface area contributed by atoms with Crippen molar-refractivity contribution in [2.45, 2.75) is 58.6 Å². The lowest BCUT2D eigenvalue weighted by molar-refractivity contribution is -0.133. The van der Waals surface area contributed by atoms with Crippen LogP contribution in [0.5, 0.6) is 0 Å². The average Bonchev–Trinajstić information content (AvgIpc) is 2.70. The first-order valence-corrected chi connectivity index (χ1v) is 7.36. The molecule has 1 heterocycles. The van der Waals surface area contributed by atoms with Gasteiger partial charge < -0.3 is 9.64 Å². The molecule has 20 heavy (non-hydrogen) atoms. The number of hydrogen-bond acceptors (Lipinski definition) is 3. The molecule has 1 saturated heterocycles. The Balaban J connectivity index is 2.83. The average molecular weight is 284 g/mol. The van der Waals surface area contributed by atoms with Gasteiger partial charge in [0.25, 0.3) is 0 Å². The van der Waals surface area contributed by atoms with Crippen LogP contribution in [0, 0.1) is 5.92 Å². The minimum Gasteiger partial charge on any atom is -0.444 e. The molecule has 0 saturated carbocycles. The molecule has 1 aliphatic rings. The zero-order valence-electron chi connectivity index (χ0n) is 13.6. The van der Waals surface area contributed by atoms with E-state index in [1.165, 1.54) is 0 Å². The van der Waals surface area contributed by atoms with Crippen LogP contribution in [0.3, 0.4) is 0 Å². The maximum atomic E-state index is 12.3. The second kappa shape index (κ2) is 6.46. The molecule has 2 amide bonds. The first-order valence-electron chi connectivity index (χ1n) is 7.36. The SMILES string of the molecule is CCC[C@@H]1CC(C(=O)N(C)C)N(C(=O)OC(C)(C)C)C1. The molecule has 0 bridgehead atoms. The van der Waals surface area contributed by atoms with E-state index in [0.717, 1.165) is 19.3 Å². The van der Waals surface area contributed by atoms with Crippen LogP contribution in [0.1, 0.15) is 47.0 Å². The first-order chi connectivity index (χ1) is 9.15. The van der Waals surface area contributed by atoms with E-state index in [4.69, 9.17) is 4.74 Å². The molecular formula is C15H28N2O3. The van der Waals surface area contributed by atoms with Gasteiger partial charge in [-0.3, -0.25) is 9.69 Å². The van der Waals surface area contributed by atoms with Crippen molar-refractivity contribution >= 4 is 12.0 Å². The Labute approximate surface area is 122 Å². The van der Waals surface area contributed by atoms with Crippen LogP contribution in [0.2, 0.25) is 0 Å². The fourth-order valence-corrected chi connectivity index (χ4v) is 2.59. The molecule has 116 valence electrons. The van der Waals surface area contributed by atoms with Gasteiger partial charge in [-0.15, -0.1) is 0 Å². The third-order valence-electron chi connectivity index (χ3n) is 3.44. The molecule has 1 fully saturated rings. The van der Waals surface area contributed by atoms with Crippen molar-refractivity contribution in [3.8, 4) is 0 Å². The molecule has 0 radical (unpaired) electrons. The van der Waals surface area contributed by atoms with Crippen LogP contribution in [0.4, 0.5) is 4.79 Å². The van der Waals surface area contributed by atoms with E-state index in [2.05, 4.69) is 6.92 Å². The second-order valence-electron chi connectivity index (χ2n) is 6.77. The Morgan fingerprint density at radius 3 is 2.35 bits per heavy atom. The largest absolute Gasteiger partial charge is 0.444 e. The molecule has 5 nitrogen and oxygen atoms in total. The Morgan fingerprint density at radius 1 is 1.30 bits per heavy atom. The van der Waals surface area contributed by atoms with Crippen LogP contribution in [0.15, 0.2) is 0 Å². The molecule has 0 aromatic carbocycles. The summed E-state index contributed by atoms with van der Waals surface area (Å²) < 4.78 is 5.42. The van der Waals surface area contributed by atoms with Gasteiger partial charge in [-0.25, -0.2) is 4.79 Å². The van der Waals surface area contributed by atoms with Crippen LogP contribution >= 0.6 is 0 Å². The Hall–Kier alpha value is -1.26. The Morgan fingerprint density at radius 2 is 1.90 bits per heavy atom. The maximum Gasteiger partial charge on any atom is 0.410 e. The third kappa shape index (κ3) is 4.39. The van der Waals surface area contributed by atoms with E-state index in [1.54, 1.807) is 23.9 Å². The van der Waals surface area contributed by atoms with Crippen LogP contribution in [-0.4, -0.2) is 54.1 Å². The summed E-state index contributed by atoms with van der Waals surface area (Å²) in [4.78, 5) is 27.7. The van der Waals surface area contributed by atoms with Crippen LogP contribution < -0.4 is 0 Å². The number of carbonyl (C=O) groups excluding carboxylic acids is 2. The number of carbonyl (C=O) groups is 2. The fraction of sp³-hybridized carbons (Fsp3) is 0.867. The van der Waals surface area contributed by atoms with Crippen molar-refractivity contribution in [3.63, 3.8) is 0 Å². The molecule has 0 N–H and O–H groups in total. The fourth-order valence-electron chi connectivity index (χ4n) is 2.59. The second-order valence-corrected chi connectivity index (χ2v) is 6.77. The summed E-state index contributed by atoms with van der Waals surface area (Å²) in [6.45, 7) is 8.26. The number of likely N-dealkylation sites (N-methyl/N-ethyl adjacent to an activating group) is 1. The van der Waals surface area contributed by atoms with Gasteiger partial charge in [0, 0.05) is 20.6 Å². The highest BCUT2D eigenvalue weighted by Gasteiger charge is 2.41. The van der Waals surface area contributed by atoms with Gasteiger partial charge in [-0.2, -0.15) is 0 Å². The minimum atomic E-state index is -0.536. The Kier molecular flexibility index (Phi) is 5.42. The van der Waals surface area contributed by atoms with E-state index in [1.807, 2.05) is 20.8 Å². The monoisotopic (exact) mass is 284 g/mol. The summed E-state index contributed by atoms with van der Waals surface area (Å²) in [5.41, 5.74) is -0.536. The predicted molar refractivity (Wildman–Crippen MR) is 78.4 cm³/mol. The van der Waals surface area contributed by atoms with Gasteiger partial charge in [0.2, 0.25) is 5.91 Å². The molecule has 0 spiro atoms. The Bertz CT molecular complexity index is 361. The molecule has 0 aromatic rings. The molecule has 1 unspecified atom stereocenters. The van der Waals surface area contributed by atoms with Gasteiger partial charge >= 0.3 is 6.09 Å². The third-order valence-corrected chi connectivity index (χ3v) is 3.44. The van der Waals surface area contributed by atoms with Crippen molar-refractivity contribution in [1.29, 1.82) is 0 Å². The highest BCUT2D eigenvalue weighted by Crippen LogP contribution is 2.29. The standard InChI is InChI=1S/C15H28N2O3/c1-7-8-11-9-12(13(18)16(5)6)17(10-11)14(19)20-15(2,3)4/h11-12H,7-10H2,1-6H3/t11-,12?/m1/s1. The summed E-state index contributed by atoms with van der Waals surface area (Å²) in [7, 11) is 3.45. The molecule has 1 aliphatic heterocycles. The van der Waals surface area contributed by atoms with E-state index >= 15 is 0 Å². The predicted octanol–water partition coefficient (Wildman–Crippen LogP) is 2.50. The van der Waals surface area contributed by atoms with E-state index < -0.39 is 5.60 Å². The van der Waals surface area contributed by atoms with Crippen molar-refractivity contribution in [1.82, 2.24) is 9.80 Å². The highest BCUT2D eigenvalue weighted by atomic mass is 16.6. The zero-order chi connectivity index (χ0) is 15.5. The molecule has 0 aliphatic carbocycles. The van der Waals surface area contributed by atoms with Gasteiger partial charge in [-0.05, 0) is 39.5 Å². The van der Waals surface area contributed by atoms with E-state index in [0.29, 0.717) is 12.5 Å². The lowest BCUT2D eigenvalue weighted by Crippen LogP contribution is -2.47. The molecule has 0 aromatic heterocycles. The topological polar surface area (TPSA) is 49.9 Å². The number of hydrogen-bond donors (Lipinski definition) is 0. The zero-order valence-corrected chi connectivity index (χ0v) is 13.6. The lowest BCUT2D eigenvalue weighted by Gasteiger charge is -2.29. The lowest BCUT2D eigenvalue weighted by atomic mass is 10.00. The molecule has 1 rings (SSSR count). The molecule has 5 heteroatoms. The number of nitrogens with zero attached hydrogens (tertiary/aromatic N) is 2. The summed E-state index contributed by atoms with van der Waals surface area (Å²) in [6, 6.07) is -0.378. The van der Waals surface area contributed by atoms with Gasteiger partial charge in [0.15, 0.2) is 0 Å². The van der Waals surface area contributed by atoms with Gasteiger partial charge in [-0.1, -0.05) is 13.3 Å². The first kappa shape index (κ1) is 16.8. The summed E-state index contributed by atoms with van der Waals surface area (Å²) in [5.74, 6) is 0.371. The van der Waals surface area contributed by atoms with Crippen molar-refractivity contribution in [2.75, 3.05) is 20.6 Å².